The number of carbonyl (C=O) groups is 1. The van der Waals surface area contributed by atoms with Crippen molar-refractivity contribution in [2.24, 2.45) is 13.0 Å². The Labute approximate surface area is 139 Å². The smallest absolute Gasteiger partial charge is 0.269 e. The third-order valence-corrected chi connectivity index (χ3v) is 5.48. The molecule has 0 saturated carbocycles. The lowest BCUT2D eigenvalue weighted by atomic mass is 9.83. The van der Waals surface area contributed by atoms with E-state index in [9.17, 15) is 4.79 Å². The van der Waals surface area contributed by atoms with Gasteiger partial charge in [0.2, 0.25) is 0 Å². The first-order chi connectivity index (χ1) is 11.1. The number of aryl methyl sites for hydroxylation is 1. The van der Waals surface area contributed by atoms with Gasteiger partial charge in [0.25, 0.3) is 5.91 Å². The number of hydrogen-bond donors (Lipinski definition) is 1. The van der Waals surface area contributed by atoms with Crippen LogP contribution in [0.3, 0.4) is 0 Å². The first-order valence-electron chi connectivity index (χ1n) is 9.12. The van der Waals surface area contributed by atoms with Crippen LogP contribution < -0.4 is 5.32 Å². The highest BCUT2D eigenvalue weighted by molar-refractivity contribution is 5.92. The van der Waals surface area contributed by atoms with Gasteiger partial charge < -0.3 is 10.2 Å². The Morgan fingerprint density at radius 2 is 2.09 bits per heavy atom. The molecule has 5 heteroatoms. The topological polar surface area (TPSA) is 50.2 Å². The zero-order chi connectivity index (χ0) is 16.4. The Balaban J connectivity index is 1.60. The number of nitrogens with zero attached hydrogens (tertiary/aromatic N) is 3. The van der Waals surface area contributed by atoms with Gasteiger partial charge in [0, 0.05) is 19.6 Å². The lowest BCUT2D eigenvalue weighted by molar-refractivity contribution is 0.0574. The van der Waals surface area contributed by atoms with Crippen LogP contribution in [0.5, 0.6) is 0 Å². The first-order valence-corrected chi connectivity index (χ1v) is 9.12. The van der Waals surface area contributed by atoms with E-state index in [0.717, 1.165) is 12.2 Å². The Morgan fingerprint density at radius 1 is 1.30 bits per heavy atom. The Kier molecular flexibility index (Phi) is 5.05. The summed E-state index contributed by atoms with van der Waals surface area (Å²) in [5.41, 5.74) is 1.65. The van der Waals surface area contributed by atoms with E-state index in [0.29, 0.717) is 23.6 Å². The summed E-state index contributed by atoms with van der Waals surface area (Å²) in [5, 5.41) is 7.61. The second kappa shape index (κ2) is 7.04. The molecule has 2 fully saturated rings. The Hall–Kier alpha value is -1.36. The van der Waals surface area contributed by atoms with Crippen molar-refractivity contribution in [2.75, 3.05) is 19.6 Å². The molecule has 23 heavy (non-hydrogen) atoms. The molecule has 0 aromatic carbocycles. The van der Waals surface area contributed by atoms with Crippen LogP contribution in [0.15, 0.2) is 6.07 Å². The van der Waals surface area contributed by atoms with Crippen LogP contribution in [-0.2, 0) is 7.05 Å². The third-order valence-electron chi connectivity index (χ3n) is 5.48. The number of amides is 1. The van der Waals surface area contributed by atoms with Crippen molar-refractivity contribution in [3.8, 4) is 0 Å². The number of piperidine rings is 2. The standard InChI is InChI=1S/C18H30N4O/c1-13(2)15-11-17(21(3)20-15)18(23)19-12-14-7-6-10-22-9-5-4-8-16(14)22/h11,13-14,16H,4-10,12H2,1-3H3,(H,19,23)/t14-,16+/m0/s1. The van der Waals surface area contributed by atoms with Gasteiger partial charge in [-0.3, -0.25) is 9.48 Å². The maximum absolute atomic E-state index is 12.5. The predicted octanol–water partition coefficient (Wildman–Crippen LogP) is 2.54. The summed E-state index contributed by atoms with van der Waals surface area (Å²) in [6, 6.07) is 2.60. The normalized spacial score (nSPS) is 25.4. The molecule has 1 N–H and O–H groups in total. The fraction of sp³-hybridized carbons (Fsp3) is 0.778. The van der Waals surface area contributed by atoms with Gasteiger partial charge in [0.05, 0.1) is 5.69 Å². The van der Waals surface area contributed by atoms with E-state index in [1.807, 2.05) is 13.1 Å². The van der Waals surface area contributed by atoms with Crippen LogP contribution in [0.25, 0.3) is 0 Å². The number of hydrogen-bond acceptors (Lipinski definition) is 3. The van der Waals surface area contributed by atoms with E-state index in [1.54, 1.807) is 4.68 Å². The van der Waals surface area contributed by atoms with Gasteiger partial charge in [-0.25, -0.2) is 0 Å². The van der Waals surface area contributed by atoms with Crippen LogP contribution in [0.1, 0.15) is 68.1 Å². The molecule has 2 atom stereocenters. The van der Waals surface area contributed by atoms with Crippen LogP contribution in [0.4, 0.5) is 0 Å². The number of rotatable bonds is 4. The Morgan fingerprint density at radius 3 is 2.83 bits per heavy atom. The van der Waals surface area contributed by atoms with Gasteiger partial charge in [-0.05, 0) is 56.7 Å². The highest BCUT2D eigenvalue weighted by Crippen LogP contribution is 2.30. The largest absolute Gasteiger partial charge is 0.350 e. The Bertz CT molecular complexity index is 549. The summed E-state index contributed by atoms with van der Waals surface area (Å²) < 4.78 is 1.71. The van der Waals surface area contributed by atoms with Gasteiger partial charge in [0.1, 0.15) is 5.69 Å². The summed E-state index contributed by atoms with van der Waals surface area (Å²) in [6.45, 7) is 7.48. The number of aromatic nitrogens is 2. The van der Waals surface area contributed by atoms with E-state index >= 15 is 0 Å². The number of carbonyl (C=O) groups excluding carboxylic acids is 1. The molecule has 128 valence electrons. The molecule has 1 aromatic rings. The minimum Gasteiger partial charge on any atom is -0.350 e. The molecule has 2 aliphatic rings. The summed E-state index contributed by atoms with van der Waals surface area (Å²) in [6.07, 6.45) is 6.47. The molecule has 3 rings (SSSR count). The van der Waals surface area contributed by atoms with Gasteiger partial charge in [0.15, 0.2) is 0 Å². The second-order valence-corrected chi connectivity index (χ2v) is 7.44. The zero-order valence-corrected chi connectivity index (χ0v) is 14.7. The molecule has 0 unspecified atom stereocenters. The fourth-order valence-corrected chi connectivity index (χ4v) is 4.11. The lowest BCUT2D eigenvalue weighted by Gasteiger charge is -2.44. The van der Waals surface area contributed by atoms with Crippen molar-refractivity contribution in [3.63, 3.8) is 0 Å². The van der Waals surface area contributed by atoms with E-state index in [1.165, 1.54) is 45.2 Å². The SMILES string of the molecule is CC(C)c1cc(C(=O)NC[C@@H]2CCCN3CCCC[C@H]23)n(C)n1. The zero-order valence-electron chi connectivity index (χ0n) is 14.7. The number of nitrogens with one attached hydrogen (secondary N) is 1. The van der Waals surface area contributed by atoms with E-state index in [2.05, 4.69) is 29.2 Å². The summed E-state index contributed by atoms with van der Waals surface area (Å²) >= 11 is 0. The van der Waals surface area contributed by atoms with E-state index in [-0.39, 0.29) is 5.91 Å². The van der Waals surface area contributed by atoms with Crippen LogP contribution in [-0.4, -0.2) is 46.3 Å². The average Bonchev–Trinajstić information content (AvgIpc) is 2.95. The maximum atomic E-state index is 12.5. The molecule has 1 aromatic heterocycles. The summed E-state index contributed by atoms with van der Waals surface area (Å²) in [4.78, 5) is 15.2. The van der Waals surface area contributed by atoms with Gasteiger partial charge in [-0.1, -0.05) is 20.3 Å². The fourth-order valence-electron chi connectivity index (χ4n) is 4.11. The molecule has 2 saturated heterocycles. The van der Waals surface area contributed by atoms with Gasteiger partial charge in [-0.2, -0.15) is 5.10 Å². The molecular weight excluding hydrogens is 288 g/mol. The highest BCUT2D eigenvalue weighted by atomic mass is 16.2. The maximum Gasteiger partial charge on any atom is 0.269 e. The molecule has 0 bridgehead atoms. The predicted molar refractivity (Wildman–Crippen MR) is 91.6 cm³/mol. The van der Waals surface area contributed by atoms with Crippen LogP contribution in [0.2, 0.25) is 0 Å². The van der Waals surface area contributed by atoms with Crippen molar-refractivity contribution < 1.29 is 4.79 Å². The monoisotopic (exact) mass is 318 g/mol. The average molecular weight is 318 g/mol. The van der Waals surface area contributed by atoms with Gasteiger partial charge >= 0.3 is 0 Å². The quantitative estimate of drug-likeness (QED) is 0.928. The molecule has 0 aliphatic carbocycles. The van der Waals surface area contributed by atoms with E-state index < -0.39 is 0 Å². The molecule has 2 aliphatic heterocycles. The van der Waals surface area contributed by atoms with E-state index in [4.69, 9.17) is 0 Å². The van der Waals surface area contributed by atoms with Crippen molar-refractivity contribution in [3.05, 3.63) is 17.5 Å². The second-order valence-electron chi connectivity index (χ2n) is 7.44. The molecule has 1 amide bonds. The molecular formula is C18H30N4O. The molecule has 0 spiro atoms. The molecule has 0 radical (unpaired) electrons. The molecule has 3 heterocycles. The minimum atomic E-state index is 0.0137. The summed E-state index contributed by atoms with van der Waals surface area (Å²) in [7, 11) is 1.85. The van der Waals surface area contributed by atoms with Crippen LogP contribution in [0, 0.1) is 5.92 Å². The lowest BCUT2D eigenvalue weighted by Crippen LogP contribution is -2.51. The highest BCUT2D eigenvalue weighted by Gasteiger charge is 2.33. The van der Waals surface area contributed by atoms with Gasteiger partial charge in [-0.15, -0.1) is 0 Å². The third kappa shape index (κ3) is 3.60. The molecule has 5 nitrogen and oxygen atoms in total. The van der Waals surface area contributed by atoms with Crippen molar-refractivity contribution in [1.82, 2.24) is 20.0 Å². The summed E-state index contributed by atoms with van der Waals surface area (Å²) in [5.74, 6) is 0.961. The van der Waals surface area contributed by atoms with Crippen molar-refractivity contribution >= 4 is 5.91 Å². The van der Waals surface area contributed by atoms with Crippen molar-refractivity contribution in [1.29, 1.82) is 0 Å². The minimum absolute atomic E-state index is 0.0137. The van der Waals surface area contributed by atoms with Crippen LogP contribution >= 0.6 is 0 Å². The number of fused-ring (bicyclic) bond motifs is 1. The first kappa shape index (κ1) is 16.5. The van der Waals surface area contributed by atoms with Crippen molar-refractivity contribution in [2.45, 2.75) is 57.9 Å².